The number of amides is 2. The van der Waals surface area contributed by atoms with E-state index in [9.17, 15) is 9.59 Å². The third-order valence-corrected chi connectivity index (χ3v) is 5.33. The normalized spacial score (nSPS) is 15.1. The fourth-order valence-electron chi connectivity index (χ4n) is 3.27. The molecule has 7 heteroatoms. The molecule has 0 aliphatic carbocycles. The lowest BCUT2D eigenvalue weighted by molar-refractivity contribution is -0.127. The van der Waals surface area contributed by atoms with Crippen LogP contribution in [0.3, 0.4) is 0 Å². The maximum atomic E-state index is 13.3. The summed E-state index contributed by atoms with van der Waals surface area (Å²) < 4.78 is 5.89. The van der Waals surface area contributed by atoms with Gasteiger partial charge < -0.3 is 15.0 Å². The van der Waals surface area contributed by atoms with Gasteiger partial charge in [-0.2, -0.15) is 0 Å². The molecular formula is C23H18Cl2N2O3. The molecule has 0 saturated heterocycles. The Hall–Kier alpha value is -3.02. The van der Waals surface area contributed by atoms with Crippen molar-refractivity contribution in [1.29, 1.82) is 0 Å². The number of fused-ring (bicyclic) bond motifs is 1. The number of benzene rings is 3. The Labute approximate surface area is 184 Å². The predicted molar refractivity (Wildman–Crippen MR) is 117 cm³/mol. The second-order valence-electron chi connectivity index (χ2n) is 6.82. The van der Waals surface area contributed by atoms with Gasteiger partial charge >= 0.3 is 0 Å². The zero-order chi connectivity index (χ0) is 21.1. The number of hydrogen-bond donors (Lipinski definition) is 1. The van der Waals surface area contributed by atoms with Gasteiger partial charge in [-0.1, -0.05) is 65.7 Å². The molecule has 3 aromatic rings. The van der Waals surface area contributed by atoms with Crippen molar-refractivity contribution in [2.45, 2.75) is 12.6 Å². The Balaban J connectivity index is 1.57. The molecule has 0 unspecified atom stereocenters. The van der Waals surface area contributed by atoms with E-state index in [1.165, 1.54) is 11.0 Å². The molecular weight excluding hydrogens is 423 g/mol. The minimum absolute atomic E-state index is 0.0649. The minimum atomic E-state index is -0.848. The van der Waals surface area contributed by atoms with Gasteiger partial charge in [0.05, 0.1) is 22.8 Å². The van der Waals surface area contributed by atoms with Gasteiger partial charge in [0.15, 0.2) is 6.10 Å². The molecule has 5 nitrogen and oxygen atoms in total. The van der Waals surface area contributed by atoms with Crippen molar-refractivity contribution in [3.63, 3.8) is 0 Å². The van der Waals surface area contributed by atoms with E-state index in [4.69, 9.17) is 27.9 Å². The average molecular weight is 441 g/mol. The molecule has 3 aromatic carbocycles. The van der Waals surface area contributed by atoms with E-state index >= 15 is 0 Å². The first-order chi connectivity index (χ1) is 14.5. The Bertz CT molecular complexity index is 1090. The summed E-state index contributed by atoms with van der Waals surface area (Å²) in [5, 5.41) is 3.57. The van der Waals surface area contributed by atoms with E-state index in [-0.39, 0.29) is 23.4 Å². The van der Waals surface area contributed by atoms with Crippen LogP contribution in [0, 0.1) is 0 Å². The van der Waals surface area contributed by atoms with Crippen LogP contribution in [0.5, 0.6) is 5.75 Å². The number of anilines is 1. The summed E-state index contributed by atoms with van der Waals surface area (Å²) in [6.07, 6.45) is -0.848. The van der Waals surface area contributed by atoms with Crippen molar-refractivity contribution in [3.8, 4) is 5.75 Å². The third kappa shape index (κ3) is 4.27. The Kier molecular flexibility index (Phi) is 5.93. The molecule has 1 aliphatic rings. The first-order valence-corrected chi connectivity index (χ1v) is 10.1. The molecule has 2 amide bonds. The number of carbonyl (C=O) groups excluding carboxylic acids is 2. The van der Waals surface area contributed by atoms with E-state index in [1.807, 2.05) is 36.4 Å². The number of ether oxygens (including phenoxy) is 1. The van der Waals surface area contributed by atoms with Gasteiger partial charge in [-0.3, -0.25) is 9.59 Å². The molecule has 1 aliphatic heterocycles. The van der Waals surface area contributed by atoms with E-state index in [0.717, 1.165) is 5.56 Å². The van der Waals surface area contributed by atoms with Crippen molar-refractivity contribution in [2.24, 2.45) is 0 Å². The Morgan fingerprint density at radius 3 is 2.50 bits per heavy atom. The van der Waals surface area contributed by atoms with Gasteiger partial charge in [0.2, 0.25) is 0 Å². The van der Waals surface area contributed by atoms with Gasteiger partial charge in [-0.05, 0) is 35.9 Å². The van der Waals surface area contributed by atoms with Crippen LogP contribution < -0.4 is 15.0 Å². The van der Waals surface area contributed by atoms with Crippen LogP contribution in [0.25, 0.3) is 0 Å². The number of para-hydroxylation sites is 2. The third-order valence-electron chi connectivity index (χ3n) is 4.78. The maximum absolute atomic E-state index is 13.3. The van der Waals surface area contributed by atoms with E-state index in [0.29, 0.717) is 28.6 Å². The van der Waals surface area contributed by atoms with Gasteiger partial charge in [0.25, 0.3) is 11.8 Å². The van der Waals surface area contributed by atoms with Gasteiger partial charge in [0.1, 0.15) is 5.75 Å². The predicted octanol–water partition coefficient (Wildman–Crippen LogP) is 4.72. The largest absolute Gasteiger partial charge is 0.477 e. The van der Waals surface area contributed by atoms with E-state index < -0.39 is 6.10 Å². The van der Waals surface area contributed by atoms with Crippen molar-refractivity contribution in [1.82, 2.24) is 5.32 Å². The monoisotopic (exact) mass is 440 g/mol. The Morgan fingerprint density at radius 2 is 1.73 bits per heavy atom. The topological polar surface area (TPSA) is 58.6 Å². The quantitative estimate of drug-likeness (QED) is 0.638. The average Bonchev–Trinajstić information content (AvgIpc) is 2.77. The van der Waals surface area contributed by atoms with Gasteiger partial charge in [-0.15, -0.1) is 0 Å². The first kappa shape index (κ1) is 20.3. The number of nitrogens with one attached hydrogen (secondary N) is 1. The van der Waals surface area contributed by atoms with Crippen molar-refractivity contribution >= 4 is 40.7 Å². The molecule has 0 fully saturated rings. The fraction of sp³-hybridized carbons (Fsp3) is 0.130. The molecule has 152 valence electrons. The second kappa shape index (κ2) is 8.78. The number of rotatable bonds is 4. The van der Waals surface area contributed by atoms with E-state index in [2.05, 4.69) is 5.32 Å². The summed E-state index contributed by atoms with van der Waals surface area (Å²) in [7, 11) is 0. The highest BCUT2D eigenvalue weighted by Crippen LogP contribution is 2.35. The SMILES string of the molecule is O=C(NCc1ccccc1)[C@@H]1CN(C(=O)c2ccc(Cl)cc2Cl)c2ccccc2O1. The molecule has 4 rings (SSSR count). The fourth-order valence-corrected chi connectivity index (χ4v) is 3.76. The standard InChI is InChI=1S/C23H18Cl2N2O3/c24-16-10-11-17(18(25)12-16)23(29)27-14-21(30-20-9-5-4-8-19(20)27)22(28)26-13-15-6-2-1-3-7-15/h1-12,21H,13-14H2,(H,26,28)/t21-/m0/s1. The Morgan fingerprint density at radius 1 is 1.00 bits per heavy atom. The van der Waals surface area contributed by atoms with Crippen LogP contribution in [-0.2, 0) is 11.3 Å². The lowest BCUT2D eigenvalue weighted by Gasteiger charge is -2.34. The molecule has 1 atom stereocenters. The highest BCUT2D eigenvalue weighted by atomic mass is 35.5. The summed E-state index contributed by atoms with van der Waals surface area (Å²) in [6.45, 7) is 0.438. The maximum Gasteiger partial charge on any atom is 0.263 e. The van der Waals surface area contributed by atoms with Crippen molar-refractivity contribution in [3.05, 3.63) is 94.0 Å². The summed E-state index contributed by atoms with van der Waals surface area (Å²) in [6, 6.07) is 21.4. The van der Waals surface area contributed by atoms with Crippen LogP contribution in [0.4, 0.5) is 5.69 Å². The highest BCUT2D eigenvalue weighted by molar-refractivity contribution is 6.37. The van der Waals surface area contributed by atoms with Crippen molar-refractivity contribution < 1.29 is 14.3 Å². The van der Waals surface area contributed by atoms with Crippen molar-refractivity contribution in [2.75, 3.05) is 11.4 Å². The highest BCUT2D eigenvalue weighted by Gasteiger charge is 2.34. The zero-order valence-electron chi connectivity index (χ0n) is 15.8. The van der Waals surface area contributed by atoms with Crippen LogP contribution in [0.15, 0.2) is 72.8 Å². The molecule has 30 heavy (non-hydrogen) atoms. The van der Waals surface area contributed by atoms with Crippen LogP contribution >= 0.6 is 23.2 Å². The van der Waals surface area contributed by atoms with Gasteiger partial charge in [-0.25, -0.2) is 0 Å². The number of hydrogen-bond acceptors (Lipinski definition) is 3. The second-order valence-corrected chi connectivity index (χ2v) is 7.66. The lowest BCUT2D eigenvalue weighted by Crippen LogP contribution is -2.50. The molecule has 0 saturated carbocycles. The van der Waals surface area contributed by atoms with E-state index in [1.54, 1.807) is 30.3 Å². The summed E-state index contributed by atoms with van der Waals surface area (Å²) >= 11 is 12.2. The molecule has 0 bridgehead atoms. The van der Waals surface area contributed by atoms with Crippen LogP contribution in [0.2, 0.25) is 10.0 Å². The van der Waals surface area contributed by atoms with Crippen LogP contribution in [-0.4, -0.2) is 24.5 Å². The number of nitrogens with zero attached hydrogens (tertiary/aromatic N) is 1. The first-order valence-electron chi connectivity index (χ1n) is 9.37. The molecule has 0 spiro atoms. The number of halogens is 2. The molecule has 1 heterocycles. The number of carbonyl (C=O) groups is 2. The summed E-state index contributed by atoms with van der Waals surface area (Å²) in [5.74, 6) is -0.163. The van der Waals surface area contributed by atoms with Gasteiger partial charge in [0, 0.05) is 11.6 Å². The minimum Gasteiger partial charge on any atom is -0.477 e. The molecule has 0 radical (unpaired) electrons. The summed E-state index contributed by atoms with van der Waals surface area (Å²) in [4.78, 5) is 27.5. The molecule has 1 N–H and O–H groups in total. The zero-order valence-corrected chi connectivity index (χ0v) is 17.4. The molecule has 0 aromatic heterocycles. The summed E-state index contributed by atoms with van der Waals surface area (Å²) in [5.41, 5.74) is 1.87. The lowest BCUT2D eigenvalue weighted by atomic mass is 10.1. The smallest absolute Gasteiger partial charge is 0.263 e. The van der Waals surface area contributed by atoms with Crippen LogP contribution in [0.1, 0.15) is 15.9 Å².